The first-order chi connectivity index (χ1) is 15.0. The second-order valence-corrected chi connectivity index (χ2v) is 9.08. The quantitative estimate of drug-likeness (QED) is 0.503. The van der Waals surface area contributed by atoms with Gasteiger partial charge in [0.25, 0.3) is 5.91 Å². The molecule has 7 heteroatoms. The number of rotatable bonds is 6. The number of benzene rings is 1. The van der Waals surface area contributed by atoms with E-state index in [9.17, 15) is 9.59 Å². The number of carbonyl (C=O) groups excluding carboxylic acids is 2. The minimum atomic E-state index is -0.366. The van der Waals surface area contributed by atoms with E-state index in [0.29, 0.717) is 40.1 Å². The Hall–Kier alpha value is -2.93. The fraction of sp³-hybridized carbons (Fsp3) is 0.375. The maximum atomic E-state index is 13.3. The van der Waals surface area contributed by atoms with Crippen LogP contribution in [0.2, 0.25) is 0 Å². The van der Waals surface area contributed by atoms with Gasteiger partial charge in [-0.2, -0.15) is 0 Å². The van der Waals surface area contributed by atoms with Crippen molar-refractivity contribution in [3.63, 3.8) is 0 Å². The zero-order valence-electron chi connectivity index (χ0n) is 18.0. The van der Waals surface area contributed by atoms with Crippen molar-refractivity contribution < 1.29 is 18.8 Å². The van der Waals surface area contributed by atoms with Crippen LogP contribution in [-0.2, 0) is 17.6 Å². The third kappa shape index (κ3) is 4.28. The number of nitrogens with zero attached hydrogens (tertiary/aromatic N) is 1. The smallest absolute Gasteiger partial charge is 0.341 e. The topological polar surface area (TPSA) is 81.4 Å². The number of aromatic nitrogens is 1. The minimum absolute atomic E-state index is 0.339. The van der Waals surface area contributed by atoms with Gasteiger partial charge in [-0.25, -0.2) is 4.79 Å². The molecule has 0 unspecified atom stereocenters. The number of nitrogens with one attached hydrogen (secondary N) is 1. The van der Waals surface area contributed by atoms with Gasteiger partial charge < -0.3 is 14.6 Å². The van der Waals surface area contributed by atoms with Crippen LogP contribution in [0.4, 0.5) is 5.00 Å². The fourth-order valence-electron chi connectivity index (χ4n) is 3.92. The van der Waals surface area contributed by atoms with Crippen molar-refractivity contribution in [1.29, 1.82) is 0 Å². The van der Waals surface area contributed by atoms with E-state index in [0.717, 1.165) is 41.7 Å². The van der Waals surface area contributed by atoms with Gasteiger partial charge in [-0.3, -0.25) is 4.79 Å². The number of thiophene rings is 1. The van der Waals surface area contributed by atoms with Crippen molar-refractivity contribution in [3.05, 3.63) is 57.7 Å². The highest BCUT2D eigenvalue weighted by molar-refractivity contribution is 7.17. The average molecular weight is 439 g/mol. The lowest BCUT2D eigenvalue weighted by molar-refractivity contribution is 0.0505. The van der Waals surface area contributed by atoms with Crippen LogP contribution >= 0.6 is 11.3 Å². The van der Waals surface area contributed by atoms with Crippen molar-refractivity contribution in [2.75, 3.05) is 11.9 Å². The van der Waals surface area contributed by atoms with E-state index >= 15 is 0 Å². The van der Waals surface area contributed by atoms with Crippen molar-refractivity contribution >= 4 is 28.2 Å². The Morgan fingerprint density at radius 2 is 2.03 bits per heavy atom. The molecule has 1 atom stereocenters. The molecule has 1 aromatic carbocycles. The Labute approximate surface area is 185 Å². The molecular formula is C24H26N2O4S. The van der Waals surface area contributed by atoms with E-state index in [-0.39, 0.29) is 11.9 Å². The first-order valence-electron chi connectivity index (χ1n) is 10.6. The molecule has 0 fully saturated rings. The normalized spacial score (nSPS) is 15.4. The molecule has 1 aliphatic carbocycles. The number of anilines is 1. The van der Waals surface area contributed by atoms with Crippen molar-refractivity contribution in [3.8, 4) is 11.3 Å². The molecule has 162 valence electrons. The van der Waals surface area contributed by atoms with Gasteiger partial charge in [0.2, 0.25) is 0 Å². The molecule has 0 saturated carbocycles. The molecule has 2 aromatic heterocycles. The third-order valence-electron chi connectivity index (χ3n) is 5.52. The van der Waals surface area contributed by atoms with Crippen molar-refractivity contribution in [1.82, 2.24) is 5.16 Å². The molecule has 0 saturated heterocycles. The lowest BCUT2D eigenvalue weighted by Gasteiger charge is -2.18. The molecule has 2 heterocycles. The number of aryl methyl sites for hydroxylation is 1. The predicted octanol–water partition coefficient (Wildman–Crippen LogP) is 5.66. The van der Waals surface area contributed by atoms with Gasteiger partial charge in [0.05, 0.1) is 12.2 Å². The highest BCUT2D eigenvalue weighted by Crippen LogP contribution is 2.40. The molecule has 0 spiro atoms. The predicted molar refractivity (Wildman–Crippen MR) is 121 cm³/mol. The van der Waals surface area contributed by atoms with E-state index in [4.69, 9.17) is 9.26 Å². The Morgan fingerprint density at radius 3 is 2.77 bits per heavy atom. The lowest BCUT2D eigenvalue weighted by Crippen LogP contribution is -2.17. The summed E-state index contributed by atoms with van der Waals surface area (Å²) >= 11 is 1.48. The van der Waals surface area contributed by atoms with E-state index < -0.39 is 0 Å². The van der Waals surface area contributed by atoms with Gasteiger partial charge >= 0.3 is 5.97 Å². The summed E-state index contributed by atoms with van der Waals surface area (Å²) in [4.78, 5) is 27.3. The summed E-state index contributed by atoms with van der Waals surface area (Å²) in [6, 6.07) is 9.44. The molecule has 4 rings (SSSR count). The number of ether oxygens (including phenoxy) is 1. The summed E-state index contributed by atoms with van der Waals surface area (Å²) in [5.41, 5.74) is 3.18. The van der Waals surface area contributed by atoms with Gasteiger partial charge in [0.15, 0.2) is 0 Å². The Morgan fingerprint density at radius 1 is 1.26 bits per heavy atom. The molecule has 0 aliphatic heterocycles. The van der Waals surface area contributed by atoms with Crippen LogP contribution in [-0.4, -0.2) is 23.6 Å². The second-order valence-electron chi connectivity index (χ2n) is 7.97. The Balaban J connectivity index is 1.69. The van der Waals surface area contributed by atoms with E-state index in [2.05, 4.69) is 17.4 Å². The number of amides is 1. The first kappa shape index (κ1) is 21.3. The third-order valence-corrected chi connectivity index (χ3v) is 6.69. The van der Waals surface area contributed by atoms with Crippen LogP contribution in [0.1, 0.15) is 63.6 Å². The van der Waals surface area contributed by atoms with Crippen molar-refractivity contribution in [2.45, 2.75) is 46.5 Å². The molecule has 0 radical (unpaired) electrons. The zero-order valence-corrected chi connectivity index (χ0v) is 18.8. The van der Waals surface area contributed by atoms with Crippen molar-refractivity contribution in [2.24, 2.45) is 5.92 Å². The maximum Gasteiger partial charge on any atom is 0.341 e. The minimum Gasteiger partial charge on any atom is -0.462 e. The lowest BCUT2D eigenvalue weighted by atomic mass is 9.88. The van der Waals surface area contributed by atoms with Gasteiger partial charge in [-0.15, -0.1) is 11.3 Å². The van der Waals surface area contributed by atoms with E-state index in [1.54, 1.807) is 6.92 Å². The monoisotopic (exact) mass is 438 g/mol. The SMILES string of the molecule is CCCOC(=O)c1c(NC(=O)c2c(-c3ccccc3)noc2C)sc2c1CC[C@@H](C)C2. The fourth-order valence-corrected chi connectivity index (χ4v) is 5.31. The molecule has 31 heavy (non-hydrogen) atoms. The molecule has 3 aromatic rings. The molecule has 6 nitrogen and oxygen atoms in total. The number of carbonyl (C=O) groups is 2. The highest BCUT2D eigenvalue weighted by atomic mass is 32.1. The average Bonchev–Trinajstić information content (AvgIpc) is 3.32. The van der Waals surface area contributed by atoms with Crippen LogP contribution in [0.3, 0.4) is 0 Å². The Kier molecular flexibility index (Phi) is 6.23. The summed E-state index contributed by atoms with van der Waals surface area (Å²) in [7, 11) is 0. The Bertz CT molecular complexity index is 1100. The van der Waals surface area contributed by atoms with Crippen LogP contribution in [0.25, 0.3) is 11.3 Å². The summed E-state index contributed by atoms with van der Waals surface area (Å²) in [6.45, 7) is 6.24. The summed E-state index contributed by atoms with van der Waals surface area (Å²) in [5, 5.41) is 7.62. The van der Waals surface area contributed by atoms with Crippen LogP contribution in [0.15, 0.2) is 34.9 Å². The van der Waals surface area contributed by atoms with Crippen LogP contribution in [0.5, 0.6) is 0 Å². The number of hydrogen-bond donors (Lipinski definition) is 1. The number of hydrogen-bond acceptors (Lipinski definition) is 6. The first-order valence-corrected chi connectivity index (χ1v) is 11.5. The standard InChI is InChI=1S/C24H26N2O4S/c1-4-12-29-24(28)20-17-11-10-14(2)13-18(17)31-23(20)25-22(27)19-15(3)30-26-21(19)16-8-6-5-7-9-16/h5-9,14H,4,10-13H2,1-3H3,(H,25,27)/t14-/m1/s1. The van der Waals surface area contributed by atoms with E-state index in [1.807, 2.05) is 37.3 Å². The van der Waals surface area contributed by atoms with E-state index in [1.165, 1.54) is 11.3 Å². The largest absolute Gasteiger partial charge is 0.462 e. The molecule has 1 amide bonds. The molecule has 1 aliphatic rings. The summed E-state index contributed by atoms with van der Waals surface area (Å²) < 4.78 is 10.8. The molecular weight excluding hydrogens is 412 g/mol. The molecule has 1 N–H and O–H groups in total. The number of esters is 1. The summed E-state index contributed by atoms with van der Waals surface area (Å²) in [6.07, 6.45) is 3.50. The van der Waals surface area contributed by atoms with Crippen LogP contribution in [0, 0.1) is 12.8 Å². The van der Waals surface area contributed by atoms with Gasteiger partial charge in [0.1, 0.15) is 22.0 Å². The van der Waals surface area contributed by atoms with Gasteiger partial charge in [-0.1, -0.05) is 49.3 Å². The number of fused-ring (bicyclic) bond motifs is 1. The maximum absolute atomic E-state index is 13.3. The van der Waals surface area contributed by atoms with Crippen LogP contribution < -0.4 is 5.32 Å². The summed E-state index contributed by atoms with van der Waals surface area (Å²) in [5.74, 6) is 0.281. The van der Waals surface area contributed by atoms with Gasteiger partial charge in [-0.05, 0) is 44.1 Å². The zero-order chi connectivity index (χ0) is 22.0. The molecule has 0 bridgehead atoms. The second kappa shape index (κ2) is 9.06. The highest BCUT2D eigenvalue weighted by Gasteiger charge is 2.30. The van der Waals surface area contributed by atoms with Gasteiger partial charge in [0, 0.05) is 10.4 Å².